The summed E-state index contributed by atoms with van der Waals surface area (Å²) in [7, 11) is -3.84. The van der Waals surface area contributed by atoms with Crippen LogP contribution >= 0.6 is 39.1 Å². The van der Waals surface area contributed by atoms with E-state index in [-0.39, 0.29) is 18.9 Å². The van der Waals surface area contributed by atoms with Crippen molar-refractivity contribution in [3.05, 3.63) is 98.4 Å². The zero-order chi connectivity index (χ0) is 27.9. The van der Waals surface area contributed by atoms with Gasteiger partial charge in [0, 0.05) is 24.0 Å². The third-order valence-electron chi connectivity index (χ3n) is 5.73. The quantitative estimate of drug-likeness (QED) is 0.308. The first-order valence-electron chi connectivity index (χ1n) is 11.8. The molecule has 38 heavy (non-hydrogen) atoms. The lowest BCUT2D eigenvalue weighted by Crippen LogP contribution is -2.53. The number of halogens is 3. The molecule has 0 heterocycles. The molecule has 3 aromatic carbocycles. The average molecular weight is 641 g/mol. The van der Waals surface area contributed by atoms with Gasteiger partial charge in [-0.3, -0.25) is 13.9 Å². The van der Waals surface area contributed by atoms with Gasteiger partial charge in [-0.15, -0.1) is 0 Å². The number of rotatable bonds is 11. The molecule has 1 N–H and O–H groups in total. The SMILES string of the molecule is CCNC(=O)[C@@H](Cc1ccccc1)N(Cc1ccc(Cl)c(Cl)c1)C(=O)CN(c1cccc(Br)c1)S(C)(=O)=O. The lowest BCUT2D eigenvalue weighted by molar-refractivity contribution is -0.140. The normalized spacial score (nSPS) is 12.0. The van der Waals surface area contributed by atoms with Gasteiger partial charge >= 0.3 is 0 Å². The van der Waals surface area contributed by atoms with E-state index in [1.165, 1.54) is 4.90 Å². The molecule has 0 bridgehead atoms. The Bertz CT molecular complexity index is 1390. The summed E-state index contributed by atoms with van der Waals surface area (Å²) in [6.07, 6.45) is 1.27. The third kappa shape index (κ3) is 8.20. The Morgan fingerprint density at radius 2 is 1.66 bits per heavy atom. The number of hydrogen-bond acceptors (Lipinski definition) is 4. The fourth-order valence-electron chi connectivity index (χ4n) is 3.93. The molecule has 3 rings (SSSR count). The highest BCUT2D eigenvalue weighted by atomic mass is 79.9. The largest absolute Gasteiger partial charge is 0.355 e. The third-order valence-corrected chi connectivity index (χ3v) is 8.11. The molecule has 0 saturated heterocycles. The van der Waals surface area contributed by atoms with Crippen molar-refractivity contribution in [2.24, 2.45) is 0 Å². The zero-order valence-corrected chi connectivity index (χ0v) is 24.8. The number of hydrogen-bond donors (Lipinski definition) is 1. The Kier molecular flexibility index (Phi) is 10.6. The van der Waals surface area contributed by atoms with E-state index in [4.69, 9.17) is 23.2 Å². The van der Waals surface area contributed by atoms with E-state index in [1.54, 1.807) is 49.4 Å². The fraction of sp³-hybridized carbons (Fsp3) is 0.259. The molecular weight excluding hydrogens is 613 g/mol. The first-order valence-corrected chi connectivity index (χ1v) is 15.2. The fourth-order valence-corrected chi connectivity index (χ4v) is 5.47. The van der Waals surface area contributed by atoms with E-state index in [0.717, 1.165) is 16.1 Å². The van der Waals surface area contributed by atoms with Crippen molar-refractivity contribution in [1.29, 1.82) is 0 Å². The van der Waals surface area contributed by atoms with Crippen molar-refractivity contribution in [2.75, 3.05) is 23.7 Å². The van der Waals surface area contributed by atoms with Crippen LogP contribution in [0.15, 0.2) is 77.3 Å². The molecule has 0 fully saturated rings. The predicted octanol–water partition coefficient (Wildman–Crippen LogP) is 5.30. The van der Waals surface area contributed by atoms with E-state index in [1.807, 2.05) is 30.3 Å². The van der Waals surface area contributed by atoms with Gasteiger partial charge in [0.2, 0.25) is 21.8 Å². The standard InChI is InChI=1S/C27H28BrCl2N3O4S/c1-3-31-27(35)25(15-19-8-5-4-6-9-19)32(17-20-12-13-23(29)24(30)14-20)26(34)18-33(38(2,36)37)22-11-7-10-21(28)16-22/h4-14,16,25H,3,15,17-18H2,1-2H3,(H,31,35)/t25-/m1/s1. The molecule has 202 valence electrons. The minimum absolute atomic E-state index is 0.0143. The molecule has 3 aromatic rings. The number of sulfonamides is 1. The second-order valence-electron chi connectivity index (χ2n) is 8.62. The van der Waals surface area contributed by atoms with Crippen molar-refractivity contribution in [3.63, 3.8) is 0 Å². The summed E-state index contributed by atoms with van der Waals surface area (Å²) in [5.41, 5.74) is 1.81. The van der Waals surface area contributed by atoms with Crippen LogP contribution in [0.5, 0.6) is 0 Å². The van der Waals surface area contributed by atoms with Crippen LogP contribution in [0.1, 0.15) is 18.1 Å². The molecule has 0 aromatic heterocycles. The van der Waals surface area contributed by atoms with Gasteiger partial charge in [0.1, 0.15) is 12.6 Å². The Morgan fingerprint density at radius 1 is 0.947 bits per heavy atom. The number of likely N-dealkylation sites (N-methyl/N-ethyl adjacent to an activating group) is 1. The van der Waals surface area contributed by atoms with Crippen molar-refractivity contribution in [2.45, 2.75) is 25.9 Å². The van der Waals surface area contributed by atoms with Crippen molar-refractivity contribution < 1.29 is 18.0 Å². The first-order chi connectivity index (χ1) is 18.0. The van der Waals surface area contributed by atoms with Crippen LogP contribution in [0.3, 0.4) is 0 Å². The summed E-state index contributed by atoms with van der Waals surface area (Å²) in [5.74, 6) is -0.896. The minimum Gasteiger partial charge on any atom is -0.355 e. The van der Waals surface area contributed by atoms with Crippen LogP contribution in [0.4, 0.5) is 5.69 Å². The van der Waals surface area contributed by atoms with E-state index in [0.29, 0.717) is 32.3 Å². The van der Waals surface area contributed by atoms with E-state index < -0.39 is 28.5 Å². The Labute approximate surface area is 241 Å². The molecule has 0 unspecified atom stereocenters. The van der Waals surface area contributed by atoms with Crippen molar-refractivity contribution in [3.8, 4) is 0 Å². The summed E-state index contributed by atoms with van der Waals surface area (Å²) in [4.78, 5) is 28.6. The van der Waals surface area contributed by atoms with Gasteiger partial charge in [0.15, 0.2) is 0 Å². The van der Waals surface area contributed by atoms with Gasteiger partial charge < -0.3 is 10.2 Å². The predicted molar refractivity (Wildman–Crippen MR) is 156 cm³/mol. The zero-order valence-electron chi connectivity index (χ0n) is 20.9. The second kappa shape index (κ2) is 13.5. The summed E-state index contributed by atoms with van der Waals surface area (Å²) < 4.78 is 27.2. The van der Waals surface area contributed by atoms with Crippen LogP contribution in [-0.4, -0.2) is 50.5 Å². The first kappa shape index (κ1) is 30.0. The highest BCUT2D eigenvalue weighted by molar-refractivity contribution is 9.10. The Morgan fingerprint density at radius 3 is 2.26 bits per heavy atom. The molecular formula is C27H28BrCl2N3O4S. The molecule has 0 saturated carbocycles. The Hall–Kier alpha value is -2.59. The van der Waals surface area contributed by atoms with Gasteiger partial charge in [-0.1, -0.05) is 81.6 Å². The van der Waals surface area contributed by atoms with Crippen molar-refractivity contribution >= 4 is 66.7 Å². The van der Waals surface area contributed by atoms with Crippen LogP contribution in [0.25, 0.3) is 0 Å². The smallest absolute Gasteiger partial charge is 0.244 e. The molecule has 11 heteroatoms. The number of anilines is 1. The maximum absolute atomic E-state index is 13.9. The average Bonchev–Trinajstić information content (AvgIpc) is 2.86. The second-order valence-corrected chi connectivity index (χ2v) is 12.3. The van der Waals surface area contributed by atoms with Gasteiger partial charge in [0.25, 0.3) is 0 Å². The summed E-state index contributed by atoms with van der Waals surface area (Å²) in [5, 5.41) is 3.48. The lowest BCUT2D eigenvalue weighted by atomic mass is 10.0. The number of nitrogens with one attached hydrogen (secondary N) is 1. The van der Waals surface area contributed by atoms with Gasteiger partial charge in [-0.05, 0) is 48.4 Å². The van der Waals surface area contributed by atoms with Gasteiger partial charge in [-0.25, -0.2) is 8.42 Å². The van der Waals surface area contributed by atoms with Gasteiger partial charge in [-0.2, -0.15) is 0 Å². The van der Waals surface area contributed by atoms with Crippen LogP contribution in [0, 0.1) is 0 Å². The van der Waals surface area contributed by atoms with Gasteiger partial charge in [0.05, 0.1) is 22.0 Å². The van der Waals surface area contributed by atoms with Crippen LogP contribution < -0.4 is 9.62 Å². The summed E-state index contributed by atoms with van der Waals surface area (Å²) in [6.45, 7) is 1.68. The number of benzene rings is 3. The van der Waals surface area contributed by atoms with E-state index in [9.17, 15) is 18.0 Å². The molecule has 0 spiro atoms. The van der Waals surface area contributed by atoms with Crippen molar-refractivity contribution in [1.82, 2.24) is 10.2 Å². The monoisotopic (exact) mass is 639 g/mol. The number of carbonyl (C=O) groups excluding carboxylic acids is 2. The lowest BCUT2D eigenvalue weighted by Gasteiger charge is -2.33. The summed E-state index contributed by atoms with van der Waals surface area (Å²) in [6, 6.07) is 20.0. The summed E-state index contributed by atoms with van der Waals surface area (Å²) >= 11 is 15.7. The minimum atomic E-state index is -3.84. The molecule has 7 nitrogen and oxygen atoms in total. The maximum atomic E-state index is 13.9. The molecule has 0 radical (unpaired) electrons. The number of nitrogens with zero attached hydrogens (tertiary/aromatic N) is 2. The highest BCUT2D eigenvalue weighted by Gasteiger charge is 2.33. The molecule has 1 atom stereocenters. The number of amides is 2. The van der Waals surface area contributed by atoms with Crippen LogP contribution in [0.2, 0.25) is 10.0 Å². The molecule has 0 aliphatic carbocycles. The highest BCUT2D eigenvalue weighted by Crippen LogP contribution is 2.26. The molecule has 2 amide bonds. The van der Waals surface area contributed by atoms with E-state index in [2.05, 4.69) is 21.2 Å². The van der Waals surface area contributed by atoms with Crippen LogP contribution in [-0.2, 0) is 32.6 Å². The molecule has 0 aliphatic rings. The molecule has 0 aliphatic heterocycles. The topological polar surface area (TPSA) is 86.8 Å². The number of carbonyl (C=O) groups is 2. The Balaban J connectivity index is 2.05. The van der Waals surface area contributed by atoms with E-state index >= 15 is 0 Å². The maximum Gasteiger partial charge on any atom is 0.244 e.